The summed E-state index contributed by atoms with van der Waals surface area (Å²) in [6.07, 6.45) is 0. The number of fused-ring (bicyclic) bond motifs is 1. The predicted molar refractivity (Wildman–Crippen MR) is 53.3 cm³/mol. The topological polar surface area (TPSA) is 70.0 Å². The molecule has 0 saturated heterocycles. The zero-order chi connectivity index (χ0) is 10.8. The van der Waals surface area contributed by atoms with Crippen molar-refractivity contribution in [1.82, 2.24) is 0 Å². The van der Waals surface area contributed by atoms with Gasteiger partial charge >= 0.3 is 0 Å². The Hall–Kier alpha value is -2.28. The molecule has 4 heteroatoms. The molecule has 0 atom stereocenters. The molecule has 4 nitrogen and oxygen atoms in total. The molecular weight excluding hydrogens is 192 g/mol. The van der Waals surface area contributed by atoms with Crippen molar-refractivity contribution in [1.29, 1.82) is 10.7 Å². The van der Waals surface area contributed by atoms with Crippen LogP contribution in [0.25, 0.3) is 11.0 Å². The van der Waals surface area contributed by atoms with Crippen LogP contribution in [-0.4, -0.2) is 7.11 Å². The van der Waals surface area contributed by atoms with E-state index in [9.17, 15) is 0 Å². The van der Waals surface area contributed by atoms with Crippen molar-refractivity contribution in [2.45, 2.75) is 0 Å². The van der Waals surface area contributed by atoms with Gasteiger partial charge in [-0.05, 0) is 12.1 Å². The number of benzene rings is 1. The number of hydrogen-bond acceptors (Lipinski definition) is 4. The highest BCUT2D eigenvalue weighted by Crippen LogP contribution is 2.23. The van der Waals surface area contributed by atoms with E-state index in [1.54, 1.807) is 12.1 Å². The fourth-order valence-electron chi connectivity index (χ4n) is 1.38. The molecule has 0 saturated carbocycles. The number of nitriles is 1. The molecule has 1 N–H and O–H groups in total. The van der Waals surface area contributed by atoms with E-state index in [1.807, 2.05) is 18.2 Å². The van der Waals surface area contributed by atoms with Gasteiger partial charge in [0, 0.05) is 5.39 Å². The lowest BCUT2D eigenvalue weighted by molar-refractivity contribution is 0.404. The molecule has 0 fully saturated rings. The third kappa shape index (κ3) is 1.44. The Kier molecular flexibility index (Phi) is 2.14. The van der Waals surface area contributed by atoms with Crippen molar-refractivity contribution in [2.75, 3.05) is 7.11 Å². The van der Waals surface area contributed by atoms with Crippen LogP contribution in [0.2, 0.25) is 0 Å². The molecule has 1 aromatic carbocycles. The highest BCUT2D eigenvalue weighted by Gasteiger charge is 2.06. The van der Waals surface area contributed by atoms with Gasteiger partial charge in [0.25, 0.3) is 0 Å². The van der Waals surface area contributed by atoms with Gasteiger partial charge in [0.15, 0.2) is 11.3 Å². The summed E-state index contributed by atoms with van der Waals surface area (Å²) in [6.45, 7) is 0. The van der Waals surface area contributed by atoms with Gasteiger partial charge in [-0.15, -0.1) is 0 Å². The van der Waals surface area contributed by atoms with Crippen LogP contribution in [0.15, 0.2) is 28.7 Å². The Morgan fingerprint density at radius 2 is 2.27 bits per heavy atom. The van der Waals surface area contributed by atoms with Gasteiger partial charge in [-0.2, -0.15) is 5.26 Å². The molecule has 0 spiro atoms. The minimum Gasteiger partial charge on any atom is -0.493 e. The first kappa shape index (κ1) is 9.28. The number of hydrogen-bond donors (Lipinski definition) is 1. The second kappa shape index (κ2) is 3.46. The molecular formula is C11H8N2O2. The number of ether oxygens (including phenoxy) is 1. The summed E-state index contributed by atoms with van der Waals surface area (Å²) in [5.74, 6) is 0.561. The van der Waals surface area contributed by atoms with Crippen molar-refractivity contribution >= 4 is 11.0 Å². The Balaban J connectivity index is 2.88. The van der Waals surface area contributed by atoms with Gasteiger partial charge in [0.05, 0.1) is 7.11 Å². The summed E-state index contributed by atoms with van der Waals surface area (Å²) in [5, 5.41) is 17.0. The lowest BCUT2D eigenvalue weighted by Crippen LogP contribution is -2.03. The quantitative estimate of drug-likeness (QED) is 0.762. The molecule has 15 heavy (non-hydrogen) atoms. The Morgan fingerprint density at radius 3 is 2.93 bits per heavy atom. The van der Waals surface area contributed by atoms with Crippen molar-refractivity contribution in [3.63, 3.8) is 0 Å². The standard InChI is InChI=1S/C11H8N2O2/c1-14-9-4-2-3-7-5-8(6-12)11(13)15-10(7)9/h2-5,13H,1H3. The molecule has 74 valence electrons. The van der Waals surface area contributed by atoms with Crippen LogP contribution in [-0.2, 0) is 0 Å². The van der Waals surface area contributed by atoms with Gasteiger partial charge in [-0.25, -0.2) is 0 Å². The monoisotopic (exact) mass is 200 g/mol. The van der Waals surface area contributed by atoms with Crippen LogP contribution in [0, 0.1) is 16.7 Å². The smallest absolute Gasteiger partial charge is 0.230 e. The van der Waals surface area contributed by atoms with Gasteiger partial charge in [-0.3, -0.25) is 5.41 Å². The second-order valence-corrected chi connectivity index (χ2v) is 2.98. The Morgan fingerprint density at radius 1 is 1.47 bits per heavy atom. The van der Waals surface area contributed by atoms with Gasteiger partial charge < -0.3 is 9.15 Å². The molecule has 1 aromatic heterocycles. The van der Waals surface area contributed by atoms with Gasteiger partial charge in [-0.1, -0.05) is 12.1 Å². The molecule has 0 amide bonds. The number of rotatable bonds is 1. The normalized spacial score (nSPS) is 9.87. The molecule has 0 aliphatic carbocycles. The van der Waals surface area contributed by atoms with Crippen molar-refractivity contribution in [2.24, 2.45) is 0 Å². The zero-order valence-corrected chi connectivity index (χ0v) is 8.07. The maximum atomic E-state index is 8.74. The van der Waals surface area contributed by atoms with E-state index in [-0.39, 0.29) is 11.1 Å². The van der Waals surface area contributed by atoms with E-state index >= 15 is 0 Å². The number of nitrogens with zero attached hydrogens (tertiary/aromatic N) is 1. The average Bonchev–Trinajstić information content (AvgIpc) is 2.27. The van der Waals surface area contributed by atoms with Crippen LogP contribution in [0.5, 0.6) is 5.75 Å². The first-order chi connectivity index (χ1) is 7.26. The molecule has 0 aliphatic rings. The Bertz CT molecular complexity index is 608. The number of nitrogens with one attached hydrogen (secondary N) is 1. The van der Waals surface area contributed by atoms with Crippen molar-refractivity contribution in [3.05, 3.63) is 35.4 Å². The maximum absolute atomic E-state index is 8.74. The highest BCUT2D eigenvalue weighted by atomic mass is 16.5. The zero-order valence-electron chi connectivity index (χ0n) is 8.07. The third-order valence-electron chi connectivity index (χ3n) is 2.10. The molecule has 2 aromatic rings. The largest absolute Gasteiger partial charge is 0.493 e. The van der Waals surface area contributed by atoms with E-state index < -0.39 is 0 Å². The molecule has 2 rings (SSSR count). The van der Waals surface area contributed by atoms with Crippen LogP contribution >= 0.6 is 0 Å². The summed E-state index contributed by atoms with van der Waals surface area (Å²) in [5.41, 5.74) is 0.564. The van der Waals surface area contributed by atoms with Crippen molar-refractivity contribution in [3.8, 4) is 11.8 Å². The van der Waals surface area contributed by atoms with Crippen LogP contribution in [0.3, 0.4) is 0 Å². The highest BCUT2D eigenvalue weighted by molar-refractivity contribution is 5.83. The second-order valence-electron chi connectivity index (χ2n) is 2.98. The SMILES string of the molecule is COc1cccc2cc(C#N)c(=N)oc12. The minimum absolute atomic E-state index is 0.144. The number of para-hydroxylation sites is 1. The fraction of sp³-hybridized carbons (Fsp3) is 0.0909. The Labute approximate surface area is 85.8 Å². The average molecular weight is 200 g/mol. The van der Waals surface area contributed by atoms with Gasteiger partial charge in [0.2, 0.25) is 5.55 Å². The van der Waals surface area contributed by atoms with E-state index in [2.05, 4.69) is 0 Å². The first-order valence-corrected chi connectivity index (χ1v) is 4.32. The summed E-state index contributed by atoms with van der Waals surface area (Å²) >= 11 is 0. The third-order valence-corrected chi connectivity index (χ3v) is 2.10. The van der Waals surface area contributed by atoms with E-state index in [1.165, 1.54) is 7.11 Å². The van der Waals surface area contributed by atoms with Gasteiger partial charge in [0.1, 0.15) is 11.6 Å². The van der Waals surface area contributed by atoms with Crippen molar-refractivity contribution < 1.29 is 9.15 Å². The molecule has 0 bridgehead atoms. The maximum Gasteiger partial charge on any atom is 0.230 e. The number of methoxy groups -OCH3 is 1. The molecule has 0 aliphatic heterocycles. The van der Waals surface area contributed by atoms with Crippen LogP contribution in [0.1, 0.15) is 5.56 Å². The molecule has 1 heterocycles. The molecule has 0 unspecified atom stereocenters. The minimum atomic E-state index is -0.144. The summed E-state index contributed by atoms with van der Waals surface area (Å²) in [4.78, 5) is 0. The van der Waals surface area contributed by atoms with Crippen LogP contribution < -0.4 is 10.3 Å². The predicted octanol–water partition coefficient (Wildman–Crippen LogP) is 1.79. The van der Waals surface area contributed by atoms with E-state index in [0.29, 0.717) is 11.3 Å². The fourth-order valence-corrected chi connectivity index (χ4v) is 1.38. The summed E-state index contributed by atoms with van der Waals surface area (Å²) in [7, 11) is 1.53. The van der Waals surface area contributed by atoms with Crippen LogP contribution in [0.4, 0.5) is 0 Å². The van der Waals surface area contributed by atoms with E-state index in [4.69, 9.17) is 19.8 Å². The summed E-state index contributed by atoms with van der Waals surface area (Å²) in [6, 6.07) is 8.88. The first-order valence-electron chi connectivity index (χ1n) is 4.32. The van der Waals surface area contributed by atoms with E-state index in [0.717, 1.165) is 5.39 Å². The lowest BCUT2D eigenvalue weighted by atomic mass is 10.2. The lowest BCUT2D eigenvalue weighted by Gasteiger charge is -2.03. The summed E-state index contributed by atoms with van der Waals surface area (Å²) < 4.78 is 10.3. The molecule has 0 radical (unpaired) electrons.